The van der Waals surface area contributed by atoms with E-state index in [0.29, 0.717) is 24.7 Å². The molecule has 0 radical (unpaired) electrons. The first kappa shape index (κ1) is 16.2. The van der Waals surface area contributed by atoms with Crippen LogP contribution >= 0.6 is 11.6 Å². The summed E-state index contributed by atoms with van der Waals surface area (Å²) in [4.78, 5) is 0.00728. The molecular weight excluding hydrogens is 312 g/mol. The zero-order valence-electron chi connectivity index (χ0n) is 11.8. The summed E-state index contributed by atoms with van der Waals surface area (Å²) >= 11 is 5.96. The van der Waals surface area contributed by atoms with E-state index in [-0.39, 0.29) is 16.5 Å². The Balaban J connectivity index is 2.00. The van der Waals surface area contributed by atoms with Crippen molar-refractivity contribution in [2.45, 2.75) is 17.7 Å². The van der Waals surface area contributed by atoms with E-state index in [1.807, 2.05) is 6.07 Å². The van der Waals surface area contributed by atoms with Gasteiger partial charge in [0.2, 0.25) is 10.0 Å². The molecule has 0 unspecified atom stereocenters. The van der Waals surface area contributed by atoms with Crippen molar-refractivity contribution in [1.29, 1.82) is 5.26 Å². The molecule has 7 heteroatoms. The molecule has 0 N–H and O–H groups in total. The standard InChI is InChI=1S/C14H17ClN2O3S/c1-17(6-7-20-10-11-2-3-11)21(18,19)14-5-4-12(9-16)8-13(14)15/h4-5,8,11H,2-3,6-7,10H2,1H3. The Hall–Kier alpha value is -1.13. The highest BCUT2D eigenvalue weighted by Gasteiger charge is 2.24. The first-order valence-corrected chi connectivity index (χ1v) is 8.50. The summed E-state index contributed by atoms with van der Waals surface area (Å²) in [5.74, 6) is 0.653. The van der Waals surface area contributed by atoms with Gasteiger partial charge < -0.3 is 4.74 Å². The third-order valence-corrected chi connectivity index (χ3v) is 5.69. The summed E-state index contributed by atoms with van der Waals surface area (Å²) in [6.07, 6.45) is 2.41. The van der Waals surface area contributed by atoms with Crippen LogP contribution in [0.5, 0.6) is 0 Å². The predicted octanol–water partition coefficient (Wildman–Crippen LogP) is 2.26. The van der Waals surface area contributed by atoms with E-state index in [1.165, 1.54) is 42.4 Å². The third kappa shape index (κ3) is 4.17. The quantitative estimate of drug-likeness (QED) is 0.720. The lowest BCUT2D eigenvalue weighted by Crippen LogP contribution is -2.30. The predicted molar refractivity (Wildman–Crippen MR) is 79.5 cm³/mol. The van der Waals surface area contributed by atoms with Gasteiger partial charge in [0.05, 0.1) is 23.3 Å². The van der Waals surface area contributed by atoms with Gasteiger partial charge in [0.15, 0.2) is 0 Å². The van der Waals surface area contributed by atoms with Crippen molar-refractivity contribution >= 4 is 21.6 Å². The summed E-state index contributed by atoms with van der Waals surface area (Å²) in [6.45, 7) is 1.33. The first-order valence-electron chi connectivity index (χ1n) is 6.69. The number of hydrogen-bond donors (Lipinski definition) is 0. The Morgan fingerprint density at radius 2 is 2.19 bits per heavy atom. The minimum absolute atomic E-state index is 0.00728. The van der Waals surface area contributed by atoms with Crippen molar-refractivity contribution in [2.75, 3.05) is 26.8 Å². The molecule has 1 aromatic rings. The Morgan fingerprint density at radius 1 is 1.48 bits per heavy atom. The largest absolute Gasteiger partial charge is 0.380 e. The van der Waals surface area contributed by atoms with Gasteiger partial charge in [-0.05, 0) is 37.0 Å². The molecule has 2 rings (SSSR count). The zero-order chi connectivity index (χ0) is 15.5. The fourth-order valence-corrected chi connectivity index (χ4v) is 3.46. The van der Waals surface area contributed by atoms with Gasteiger partial charge in [-0.2, -0.15) is 9.57 Å². The number of likely N-dealkylation sites (N-methyl/N-ethyl adjacent to an activating group) is 1. The Morgan fingerprint density at radius 3 is 2.76 bits per heavy atom. The number of nitrogens with zero attached hydrogens (tertiary/aromatic N) is 2. The van der Waals surface area contributed by atoms with E-state index in [9.17, 15) is 8.42 Å². The normalized spacial score (nSPS) is 15.1. The molecule has 1 aliphatic rings. The summed E-state index contributed by atoms with van der Waals surface area (Å²) in [5, 5.41) is 8.83. The van der Waals surface area contributed by atoms with Gasteiger partial charge in [-0.25, -0.2) is 8.42 Å². The molecule has 1 saturated carbocycles. The second kappa shape index (κ2) is 6.75. The van der Waals surface area contributed by atoms with Crippen LogP contribution in [0.25, 0.3) is 0 Å². The van der Waals surface area contributed by atoms with Gasteiger partial charge in [0, 0.05) is 20.2 Å². The van der Waals surface area contributed by atoms with Crippen LogP contribution in [0.15, 0.2) is 23.1 Å². The summed E-state index contributed by atoms with van der Waals surface area (Å²) in [7, 11) is -2.18. The van der Waals surface area contributed by atoms with E-state index >= 15 is 0 Å². The van der Waals surface area contributed by atoms with Crippen LogP contribution < -0.4 is 0 Å². The lowest BCUT2D eigenvalue weighted by Gasteiger charge is -2.18. The number of benzene rings is 1. The Kier molecular flexibility index (Phi) is 5.22. The van der Waals surface area contributed by atoms with Crippen LogP contribution in [0.1, 0.15) is 18.4 Å². The zero-order valence-corrected chi connectivity index (χ0v) is 13.3. The number of ether oxygens (including phenoxy) is 1. The molecule has 1 fully saturated rings. The van der Waals surface area contributed by atoms with Gasteiger partial charge in [0.25, 0.3) is 0 Å². The summed E-state index contributed by atoms with van der Waals surface area (Å²) in [5.41, 5.74) is 0.328. The van der Waals surface area contributed by atoms with Crippen LogP contribution in [0, 0.1) is 17.2 Å². The maximum atomic E-state index is 12.4. The van der Waals surface area contributed by atoms with E-state index in [0.717, 1.165) is 0 Å². The first-order chi connectivity index (χ1) is 9.95. The molecule has 1 aliphatic carbocycles. The van der Waals surface area contributed by atoms with Crippen LogP contribution in [0.3, 0.4) is 0 Å². The lowest BCUT2D eigenvalue weighted by molar-refractivity contribution is 0.117. The number of halogens is 1. The molecule has 0 bridgehead atoms. The molecule has 21 heavy (non-hydrogen) atoms. The second-order valence-corrected chi connectivity index (χ2v) is 7.52. The molecule has 0 heterocycles. The van der Waals surface area contributed by atoms with Crippen molar-refractivity contribution < 1.29 is 13.2 Å². The maximum Gasteiger partial charge on any atom is 0.244 e. The van der Waals surface area contributed by atoms with E-state index in [4.69, 9.17) is 21.6 Å². The van der Waals surface area contributed by atoms with Crippen molar-refractivity contribution in [3.63, 3.8) is 0 Å². The third-order valence-electron chi connectivity index (χ3n) is 3.35. The highest BCUT2D eigenvalue weighted by Crippen LogP contribution is 2.29. The van der Waals surface area contributed by atoms with Gasteiger partial charge in [-0.1, -0.05) is 11.6 Å². The van der Waals surface area contributed by atoms with E-state index in [1.54, 1.807) is 0 Å². The number of sulfonamides is 1. The highest BCUT2D eigenvalue weighted by atomic mass is 35.5. The van der Waals surface area contributed by atoms with Gasteiger partial charge in [0.1, 0.15) is 4.90 Å². The van der Waals surface area contributed by atoms with Gasteiger partial charge >= 0.3 is 0 Å². The Labute approximate surface area is 130 Å². The second-order valence-electron chi connectivity index (χ2n) is 5.10. The minimum Gasteiger partial charge on any atom is -0.380 e. The van der Waals surface area contributed by atoms with Crippen LogP contribution in [-0.2, 0) is 14.8 Å². The van der Waals surface area contributed by atoms with Gasteiger partial charge in [-0.3, -0.25) is 0 Å². The van der Waals surface area contributed by atoms with Crippen molar-refractivity contribution in [1.82, 2.24) is 4.31 Å². The monoisotopic (exact) mass is 328 g/mol. The fourth-order valence-electron chi connectivity index (χ4n) is 1.80. The molecule has 0 amide bonds. The van der Waals surface area contributed by atoms with E-state index < -0.39 is 10.0 Å². The molecule has 1 aromatic carbocycles. The number of nitriles is 1. The van der Waals surface area contributed by atoms with Crippen molar-refractivity contribution in [2.24, 2.45) is 5.92 Å². The molecule has 5 nitrogen and oxygen atoms in total. The summed E-state index contributed by atoms with van der Waals surface area (Å²) < 4.78 is 31.5. The number of hydrogen-bond acceptors (Lipinski definition) is 4. The van der Waals surface area contributed by atoms with Crippen molar-refractivity contribution in [3.8, 4) is 6.07 Å². The molecule has 0 aromatic heterocycles. The Bertz CT molecular complexity index is 651. The van der Waals surface area contributed by atoms with Crippen molar-refractivity contribution in [3.05, 3.63) is 28.8 Å². The molecule has 0 atom stereocenters. The molecular formula is C14H17ClN2O3S. The topological polar surface area (TPSA) is 70.4 Å². The molecule has 0 aliphatic heterocycles. The van der Waals surface area contributed by atoms with Crippen LogP contribution in [-0.4, -0.2) is 39.5 Å². The maximum absolute atomic E-state index is 12.4. The minimum atomic E-state index is -3.67. The van der Waals surface area contributed by atoms with E-state index in [2.05, 4.69) is 0 Å². The molecule has 114 valence electrons. The highest BCUT2D eigenvalue weighted by molar-refractivity contribution is 7.89. The average Bonchev–Trinajstić information content (AvgIpc) is 3.26. The fraction of sp³-hybridized carbons (Fsp3) is 0.500. The number of rotatable bonds is 7. The van der Waals surface area contributed by atoms with Crippen LogP contribution in [0.2, 0.25) is 5.02 Å². The lowest BCUT2D eigenvalue weighted by atomic mass is 10.2. The van der Waals surface area contributed by atoms with Gasteiger partial charge in [-0.15, -0.1) is 0 Å². The smallest absolute Gasteiger partial charge is 0.244 e. The average molecular weight is 329 g/mol. The molecule has 0 spiro atoms. The summed E-state index contributed by atoms with van der Waals surface area (Å²) in [6, 6.07) is 6.07. The molecule has 0 saturated heterocycles. The SMILES string of the molecule is CN(CCOCC1CC1)S(=O)(=O)c1ccc(C#N)cc1Cl. The van der Waals surface area contributed by atoms with Crippen LogP contribution in [0.4, 0.5) is 0 Å².